The van der Waals surface area contributed by atoms with Crippen LogP contribution in [0, 0.1) is 19.7 Å². The quantitative estimate of drug-likeness (QED) is 0.856. The fourth-order valence-corrected chi connectivity index (χ4v) is 2.99. The monoisotopic (exact) mass is 289 g/mol. The van der Waals surface area contributed by atoms with Gasteiger partial charge in [-0.25, -0.2) is 4.39 Å². The van der Waals surface area contributed by atoms with E-state index in [0.29, 0.717) is 6.54 Å². The molecule has 1 N–H and O–H groups in total. The van der Waals surface area contributed by atoms with Gasteiger partial charge in [0.2, 0.25) is 0 Å². The van der Waals surface area contributed by atoms with E-state index >= 15 is 0 Å². The minimum atomic E-state index is -0.174. The Morgan fingerprint density at radius 3 is 2.50 bits per heavy atom. The first-order valence-corrected chi connectivity index (χ1v) is 7.65. The summed E-state index contributed by atoms with van der Waals surface area (Å²) < 4.78 is 13.7. The molecule has 2 rings (SSSR count). The van der Waals surface area contributed by atoms with Crippen LogP contribution in [0.15, 0.2) is 46.2 Å². The van der Waals surface area contributed by atoms with Crippen LogP contribution < -0.4 is 5.32 Å². The molecule has 2 aromatic rings. The number of nitrogens with one attached hydrogen (secondary N) is 1. The second-order valence-corrected chi connectivity index (χ2v) is 6.07. The summed E-state index contributed by atoms with van der Waals surface area (Å²) in [4.78, 5) is 2.09. The van der Waals surface area contributed by atoms with Crippen molar-refractivity contribution in [3.8, 4) is 0 Å². The summed E-state index contributed by atoms with van der Waals surface area (Å²) in [7, 11) is 0. The van der Waals surface area contributed by atoms with Crippen LogP contribution in [0.25, 0.3) is 0 Å². The van der Waals surface area contributed by atoms with Crippen molar-refractivity contribution in [1.82, 2.24) is 5.32 Å². The zero-order valence-electron chi connectivity index (χ0n) is 12.2. The van der Waals surface area contributed by atoms with Crippen molar-refractivity contribution in [2.75, 3.05) is 6.54 Å². The Hall–Kier alpha value is -1.32. The fourth-order valence-electron chi connectivity index (χ4n) is 1.96. The molecule has 0 aliphatic heterocycles. The lowest BCUT2D eigenvalue weighted by Gasteiger charge is -2.08. The van der Waals surface area contributed by atoms with Gasteiger partial charge in [0.15, 0.2) is 0 Å². The molecule has 0 bridgehead atoms. The molecule has 0 atom stereocenters. The molecular formula is C17H20FNS. The van der Waals surface area contributed by atoms with Gasteiger partial charge in [-0.2, -0.15) is 0 Å². The van der Waals surface area contributed by atoms with E-state index < -0.39 is 0 Å². The van der Waals surface area contributed by atoms with Crippen molar-refractivity contribution in [3.05, 3.63) is 58.9 Å². The molecule has 3 heteroatoms. The third-order valence-electron chi connectivity index (χ3n) is 3.22. The molecule has 0 saturated heterocycles. The first-order valence-electron chi connectivity index (χ1n) is 6.84. The lowest BCUT2D eigenvalue weighted by molar-refractivity contribution is 0.617. The molecule has 0 aliphatic rings. The maximum Gasteiger partial charge on any atom is 0.124 e. The van der Waals surface area contributed by atoms with Crippen LogP contribution in [0.4, 0.5) is 4.39 Å². The fraction of sp³-hybridized carbons (Fsp3) is 0.294. The van der Waals surface area contributed by atoms with E-state index in [4.69, 9.17) is 0 Å². The molecule has 0 radical (unpaired) electrons. The van der Waals surface area contributed by atoms with E-state index in [0.717, 1.165) is 21.9 Å². The smallest absolute Gasteiger partial charge is 0.124 e. The van der Waals surface area contributed by atoms with E-state index in [9.17, 15) is 4.39 Å². The molecule has 1 nitrogen and oxygen atoms in total. The number of aryl methyl sites for hydroxylation is 2. The van der Waals surface area contributed by atoms with Crippen molar-refractivity contribution in [3.63, 3.8) is 0 Å². The molecule has 0 saturated carbocycles. The molecule has 20 heavy (non-hydrogen) atoms. The Labute approximate surface area is 124 Å². The summed E-state index contributed by atoms with van der Waals surface area (Å²) in [5.74, 6) is -0.174. The lowest BCUT2D eigenvalue weighted by Crippen LogP contribution is -2.11. The number of hydrogen-bond acceptors (Lipinski definition) is 2. The largest absolute Gasteiger partial charge is 0.313 e. The van der Waals surface area contributed by atoms with Gasteiger partial charge in [-0.15, -0.1) is 0 Å². The zero-order chi connectivity index (χ0) is 14.5. The Morgan fingerprint density at radius 1 is 1.00 bits per heavy atom. The lowest BCUT2D eigenvalue weighted by atomic mass is 10.1. The average Bonchev–Trinajstić information content (AvgIpc) is 2.40. The summed E-state index contributed by atoms with van der Waals surface area (Å²) in [5, 5.41) is 3.22. The molecule has 106 valence electrons. The van der Waals surface area contributed by atoms with Gasteiger partial charge in [-0.1, -0.05) is 24.8 Å². The number of hydrogen-bond donors (Lipinski definition) is 1. The van der Waals surface area contributed by atoms with E-state index in [1.807, 2.05) is 13.0 Å². The minimum absolute atomic E-state index is 0.174. The summed E-state index contributed by atoms with van der Waals surface area (Å²) in [5.41, 5.74) is 3.53. The Balaban J connectivity index is 2.19. The number of rotatable bonds is 5. The van der Waals surface area contributed by atoms with Crippen LogP contribution in [0.5, 0.6) is 0 Å². The number of halogens is 1. The predicted molar refractivity (Wildman–Crippen MR) is 83.8 cm³/mol. The van der Waals surface area contributed by atoms with Crippen molar-refractivity contribution in [1.29, 1.82) is 0 Å². The molecule has 0 aliphatic carbocycles. The third-order valence-corrected chi connectivity index (χ3v) is 4.19. The molecule has 0 amide bonds. The van der Waals surface area contributed by atoms with Gasteiger partial charge in [0.25, 0.3) is 0 Å². The summed E-state index contributed by atoms with van der Waals surface area (Å²) in [6.07, 6.45) is 0. The highest BCUT2D eigenvalue weighted by molar-refractivity contribution is 7.99. The van der Waals surface area contributed by atoms with Crippen LogP contribution in [0.2, 0.25) is 0 Å². The first kappa shape index (κ1) is 15.1. The summed E-state index contributed by atoms with van der Waals surface area (Å²) in [6.45, 7) is 7.83. The van der Waals surface area contributed by atoms with Crippen LogP contribution >= 0.6 is 11.8 Å². The van der Waals surface area contributed by atoms with E-state index in [2.05, 4.69) is 37.4 Å². The highest BCUT2D eigenvalue weighted by Crippen LogP contribution is 2.30. The second-order valence-electron chi connectivity index (χ2n) is 4.92. The summed E-state index contributed by atoms with van der Waals surface area (Å²) in [6, 6.07) is 11.6. The normalized spacial score (nSPS) is 10.8. The van der Waals surface area contributed by atoms with Gasteiger partial charge in [0.1, 0.15) is 5.82 Å². The van der Waals surface area contributed by atoms with Crippen molar-refractivity contribution in [2.24, 2.45) is 0 Å². The standard InChI is InChI=1S/C17H20FNS/c1-4-19-11-14-8-15(18)10-17(9-14)20-16-6-5-12(2)13(3)7-16/h5-10,19H,4,11H2,1-3H3. The topological polar surface area (TPSA) is 12.0 Å². The summed E-state index contributed by atoms with van der Waals surface area (Å²) >= 11 is 1.60. The highest BCUT2D eigenvalue weighted by Gasteiger charge is 2.04. The van der Waals surface area contributed by atoms with Crippen molar-refractivity contribution in [2.45, 2.75) is 37.1 Å². The average molecular weight is 289 g/mol. The second kappa shape index (κ2) is 6.91. The van der Waals surface area contributed by atoms with Crippen LogP contribution in [0.3, 0.4) is 0 Å². The van der Waals surface area contributed by atoms with Gasteiger partial charge in [0.05, 0.1) is 0 Å². The van der Waals surface area contributed by atoms with Crippen molar-refractivity contribution < 1.29 is 4.39 Å². The van der Waals surface area contributed by atoms with Crippen molar-refractivity contribution >= 4 is 11.8 Å². The Kier molecular flexibility index (Phi) is 5.21. The molecular weight excluding hydrogens is 269 g/mol. The van der Waals surface area contributed by atoms with Gasteiger partial charge < -0.3 is 5.32 Å². The maximum atomic E-state index is 13.7. The highest BCUT2D eigenvalue weighted by atomic mass is 32.2. The molecule has 0 spiro atoms. The Bertz CT molecular complexity index is 596. The maximum absolute atomic E-state index is 13.7. The van der Waals surface area contributed by atoms with Gasteiger partial charge >= 0.3 is 0 Å². The van der Waals surface area contributed by atoms with Crippen LogP contribution in [-0.2, 0) is 6.54 Å². The Morgan fingerprint density at radius 2 is 1.80 bits per heavy atom. The SMILES string of the molecule is CCNCc1cc(F)cc(Sc2ccc(C)c(C)c2)c1. The number of benzene rings is 2. The van der Waals surface area contributed by atoms with E-state index in [1.54, 1.807) is 23.9 Å². The molecule has 0 aromatic heterocycles. The molecule has 0 fully saturated rings. The van der Waals surface area contributed by atoms with E-state index in [1.165, 1.54) is 11.1 Å². The van der Waals surface area contributed by atoms with Gasteiger partial charge in [-0.3, -0.25) is 0 Å². The van der Waals surface area contributed by atoms with E-state index in [-0.39, 0.29) is 5.82 Å². The third kappa shape index (κ3) is 4.09. The van der Waals surface area contributed by atoms with Gasteiger partial charge in [0, 0.05) is 16.3 Å². The molecule has 0 heterocycles. The van der Waals surface area contributed by atoms with Gasteiger partial charge in [-0.05, 0) is 67.4 Å². The molecule has 2 aromatic carbocycles. The van der Waals surface area contributed by atoms with Crippen LogP contribution in [0.1, 0.15) is 23.6 Å². The zero-order valence-corrected chi connectivity index (χ0v) is 13.0. The predicted octanol–water partition coefficient (Wildman–Crippen LogP) is 4.70. The first-order chi connectivity index (χ1) is 9.58. The van der Waals surface area contributed by atoms with Crippen LogP contribution in [-0.4, -0.2) is 6.54 Å². The minimum Gasteiger partial charge on any atom is -0.313 e. The molecule has 0 unspecified atom stereocenters.